The largest absolute Gasteiger partial charge is 0.512 e. The van der Waals surface area contributed by atoms with Gasteiger partial charge in [0.25, 0.3) is 5.56 Å². The van der Waals surface area contributed by atoms with Crippen molar-refractivity contribution in [1.29, 1.82) is 5.26 Å². The number of aromatic amines is 1. The molecule has 5 rings (SSSR count). The van der Waals surface area contributed by atoms with Gasteiger partial charge in [0.1, 0.15) is 12.1 Å². The minimum Gasteiger partial charge on any atom is -0.396 e. The standard InChI is InChI=1S/C27H35FN10O8P2S/c1-14(2)25(40)34-27-33-24-22(26(41)35-27)36-37-38(24)18-8-15(11-39)9-19(18)46-48(49,44-7-3-5-29)45-12-16-10-17(21(28)23(16)47(42)43)32-20-4-6-30-13-31-20/h4,6,13-19,21,23,39H,3,7-12H2,1-2H3,(H3-,30,31,32,33,34,35,37,40,41,42,43)/p+1/t15-,16+,17+,18+,19+,21-,23+,48?/m0/s1. The van der Waals surface area contributed by atoms with E-state index in [9.17, 15) is 24.2 Å². The first-order valence-electron chi connectivity index (χ1n) is 15.5. The molecule has 49 heavy (non-hydrogen) atoms. The summed E-state index contributed by atoms with van der Waals surface area (Å²) in [6.45, 7) is -1.03. The lowest BCUT2D eigenvalue weighted by Crippen LogP contribution is -2.30. The van der Waals surface area contributed by atoms with E-state index in [0.717, 1.165) is 0 Å². The molecular formula is C27H36FN10O8P2S+. The molecule has 3 aromatic heterocycles. The number of aliphatic hydroxyl groups is 1. The predicted molar refractivity (Wildman–Crippen MR) is 176 cm³/mol. The van der Waals surface area contributed by atoms with Crippen LogP contribution in [0, 0.1) is 29.1 Å². The van der Waals surface area contributed by atoms with Crippen LogP contribution in [0.1, 0.15) is 45.6 Å². The molecule has 3 aromatic rings. The molecule has 22 heteroatoms. The van der Waals surface area contributed by atoms with Crippen molar-refractivity contribution in [2.24, 2.45) is 17.8 Å². The SMILES string of the molecule is CC(C)C(=O)Nc1nc2c(nnn2[C@@H]2C[C@H](CO)C[C@H]2OP(=S)(OCCC#N)OC[C@H]2C[C@@H](Nc3ccncn3)[C@H](F)[C@@H]2[P+](=O)O)c(=O)[nH]1. The van der Waals surface area contributed by atoms with E-state index in [4.69, 9.17) is 30.6 Å². The van der Waals surface area contributed by atoms with Crippen LogP contribution >= 0.6 is 14.7 Å². The molecule has 264 valence electrons. The zero-order chi connectivity index (χ0) is 35.3. The highest BCUT2D eigenvalue weighted by Gasteiger charge is 2.55. The number of carbonyl (C=O) groups is 1. The van der Waals surface area contributed by atoms with Gasteiger partial charge in [-0.05, 0) is 47.6 Å². The topological polar surface area (TPSA) is 252 Å². The molecule has 2 fully saturated rings. The predicted octanol–water partition coefficient (Wildman–Crippen LogP) is 2.34. The number of anilines is 2. The van der Waals surface area contributed by atoms with Crippen molar-refractivity contribution in [2.45, 2.75) is 69.5 Å². The third-order valence-electron chi connectivity index (χ3n) is 8.34. The Morgan fingerprint density at radius 2 is 2.14 bits per heavy atom. The van der Waals surface area contributed by atoms with Crippen molar-refractivity contribution in [3.8, 4) is 6.07 Å². The van der Waals surface area contributed by atoms with Crippen LogP contribution in [0.3, 0.4) is 0 Å². The van der Waals surface area contributed by atoms with Crippen LogP contribution in [-0.4, -0.2) is 94.6 Å². The number of halogens is 1. The second-order valence-electron chi connectivity index (χ2n) is 12.1. The monoisotopic (exact) mass is 741 g/mol. The molecule has 0 aromatic carbocycles. The molecular weight excluding hydrogens is 705 g/mol. The summed E-state index contributed by atoms with van der Waals surface area (Å²) in [6.07, 6.45) is 0.860. The first-order chi connectivity index (χ1) is 23.4. The maximum Gasteiger partial charge on any atom is 0.512 e. The maximum atomic E-state index is 15.5. The van der Waals surface area contributed by atoms with E-state index in [1.807, 2.05) is 6.07 Å². The van der Waals surface area contributed by atoms with E-state index in [1.165, 1.54) is 17.2 Å². The lowest BCUT2D eigenvalue weighted by atomic mass is 10.1. The number of alkyl halides is 1. The number of amides is 1. The molecule has 9 atom stereocenters. The van der Waals surface area contributed by atoms with Crippen molar-refractivity contribution in [3.63, 3.8) is 0 Å². The highest BCUT2D eigenvalue weighted by molar-refractivity contribution is 8.07. The summed E-state index contributed by atoms with van der Waals surface area (Å²) in [6, 6.07) is 1.97. The number of carbonyl (C=O) groups excluding carboxylic acids is 1. The molecule has 3 heterocycles. The van der Waals surface area contributed by atoms with Crippen LogP contribution in [-0.2, 0) is 34.7 Å². The average Bonchev–Trinajstić information content (AvgIpc) is 3.75. The van der Waals surface area contributed by atoms with E-state index >= 15 is 4.39 Å². The summed E-state index contributed by atoms with van der Waals surface area (Å²) >= 11 is 5.77. The Hall–Kier alpha value is -3.40. The van der Waals surface area contributed by atoms with Gasteiger partial charge < -0.3 is 24.0 Å². The molecule has 0 radical (unpaired) electrons. The fourth-order valence-electron chi connectivity index (χ4n) is 5.90. The number of nitriles is 1. The van der Waals surface area contributed by atoms with Gasteiger partial charge in [-0.25, -0.2) is 19.0 Å². The molecule has 0 aliphatic heterocycles. The lowest BCUT2D eigenvalue weighted by molar-refractivity contribution is -0.118. The second-order valence-corrected chi connectivity index (χ2v) is 16.2. The van der Waals surface area contributed by atoms with Crippen LogP contribution in [0.15, 0.2) is 23.4 Å². The van der Waals surface area contributed by atoms with Gasteiger partial charge in [-0.2, -0.15) is 15.1 Å². The fraction of sp³-hybridized carbons (Fsp3) is 0.630. The number of hydrogen-bond donors (Lipinski definition) is 5. The second kappa shape index (κ2) is 16.1. The van der Waals surface area contributed by atoms with Gasteiger partial charge in [0.05, 0.1) is 43.9 Å². The Labute approximate surface area is 285 Å². The highest BCUT2D eigenvalue weighted by Crippen LogP contribution is 2.56. The molecule has 18 nitrogen and oxygen atoms in total. The van der Waals surface area contributed by atoms with E-state index in [2.05, 4.69) is 40.9 Å². The third kappa shape index (κ3) is 8.67. The minimum absolute atomic E-state index is 0.0458. The number of aromatic nitrogens is 7. The Morgan fingerprint density at radius 3 is 2.82 bits per heavy atom. The fourth-order valence-corrected chi connectivity index (χ4v) is 9.10. The molecule has 5 N–H and O–H groups in total. The summed E-state index contributed by atoms with van der Waals surface area (Å²) in [4.78, 5) is 49.9. The number of nitrogens with one attached hydrogen (secondary N) is 3. The molecule has 1 amide bonds. The molecule has 0 saturated heterocycles. The average molecular weight is 742 g/mol. The van der Waals surface area contributed by atoms with E-state index in [1.54, 1.807) is 19.9 Å². The highest BCUT2D eigenvalue weighted by atomic mass is 32.5. The van der Waals surface area contributed by atoms with Gasteiger partial charge >= 0.3 is 14.7 Å². The zero-order valence-corrected chi connectivity index (χ0v) is 29.1. The van der Waals surface area contributed by atoms with Crippen LogP contribution in [0.2, 0.25) is 0 Å². The quantitative estimate of drug-likeness (QED) is 0.111. The van der Waals surface area contributed by atoms with Crippen molar-refractivity contribution in [1.82, 2.24) is 34.9 Å². The smallest absolute Gasteiger partial charge is 0.396 e. The van der Waals surface area contributed by atoms with Crippen LogP contribution in [0.25, 0.3) is 11.2 Å². The number of nitrogens with zero attached hydrogens (tertiary/aromatic N) is 7. The van der Waals surface area contributed by atoms with Crippen molar-refractivity contribution < 1.29 is 37.3 Å². The van der Waals surface area contributed by atoms with E-state index in [-0.39, 0.29) is 73.9 Å². The van der Waals surface area contributed by atoms with Crippen LogP contribution < -0.4 is 16.2 Å². The summed E-state index contributed by atoms with van der Waals surface area (Å²) in [7, 11) is -2.96. The van der Waals surface area contributed by atoms with Crippen molar-refractivity contribution in [3.05, 3.63) is 28.9 Å². The Kier molecular flexibility index (Phi) is 12.1. The van der Waals surface area contributed by atoms with Gasteiger partial charge in [-0.3, -0.25) is 19.9 Å². The zero-order valence-electron chi connectivity index (χ0n) is 26.5. The summed E-state index contributed by atoms with van der Waals surface area (Å²) in [5.74, 6) is -1.58. The van der Waals surface area contributed by atoms with E-state index < -0.39 is 56.2 Å². The molecule has 0 spiro atoms. The molecule has 2 aliphatic rings. The van der Waals surface area contributed by atoms with Crippen molar-refractivity contribution >= 4 is 55.4 Å². The number of hydrogen-bond acceptors (Lipinski definition) is 15. The molecule has 0 bridgehead atoms. The van der Waals surface area contributed by atoms with Gasteiger partial charge in [-0.1, -0.05) is 19.1 Å². The lowest BCUT2D eigenvalue weighted by Gasteiger charge is -2.29. The summed E-state index contributed by atoms with van der Waals surface area (Å²) in [5.41, 5.74) is -1.96. The Bertz CT molecular complexity index is 1800. The molecule has 2 unspecified atom stereocenters. The number of aliphatic hydroxyl groups excluding tert-OH is 1. The summed E-state index contributed by atoms with van der Waals surface area (Å²) in [5, 5.41) is 32.8. The first kappa shape index (κ1) is 36.9. The van der Waals surface area contributed by atoms with Gasteiger partial charge in [0, 0.05) is 24.6 Å². The first-order valence-corrected chi connectivity index (χ1v) is 19.3. The Morgan fingerprint density at radius 1 is 1.35 bits per heavy atom. The number of rotatable bonds is 15. The van der Waals surface area contributed by atoms with E-state index in [0.29, 0.717) is 12.2 Å². The van der Waals surface area contributed by atoms with Crippen LogP contribution in [0.4, 0.5) is 16.2 Å². The molecule has 2 aliphatic carbocycles. The van der Waals surface area contributed by atoms with Gasteiger partial charge in [0.15, 0.2) is 17.3 Å². The van der Waals surface area contributed by atoms with Gasteiger partial charge in [-0.15, -0.1) is 5.10 Å². The molecule has 2 saturated carbocycles. The third-order valence-corrected chi connectivity index (χ3v) is 11.9. The normalized spacial score (nSPS) is 26.8. The number of fused-ring (bicyclic) bond motifs is 1. The number of H-pyrrole nitrogens is 1. The van der Waals surface area contributed by atoms with Gasteiger partial charge in [0.2, 0.25) is 17.5 Å². The maximum absolute atomic E-state index is 15.5. The minimum atomic E-state index is -3.75. The Balaban J connectivity index is 1.39. The van der Waals surface area contributed by atoms with Crippen LogP contribution in [0.5, 0.6) is 0 Å². The summed E-state index contributed by atoms with van der Waals surface area (Å²) < 4.78 is 47.4. The van der Waals surface area contributed by atoms with Crippen molar-refractivity contribution in [2.75, 3.05) is 30.5 Å².